The first-order chi connectivity index (χ1) is 10.7. The fourth-order valence-corrected chi connectivity index (χ4v) is 3.20. The zero-order valence-corrected chi connectivity index (χ0v) is 15.8. The summed E-state index contributed by atoms with van der Waals surface area (Å²) in [5.74, 6) is -0.332. The van der Waals surface area contributed by atoms with Crippen LogP contribution in [0.2, 0.25) is 18.1 Å². The molecule has 0 unspecified atom stereocenters. The molecule has 2 atom stereocenters. The van der Waals surface area contributed by atoms with E-state index in [1.165, 1.54) is 0 Å². The lowest BCUT2D eigenvalue weighted by Crippen LogP contribution is -2.42. The highest BCUT2D eigenvalue weighted by molar-refractivity contribution is 6.74. The van der Waals surface area contributed by atoms with Crippen molar-refractivity contribution in [2.75, 3.05) is 6.61 Å². The Morgan fingerprint density at radius 2 is 1.87 bits per heavy atom. The van der Waals surface area contributed by atoms with Crippen molar-refractivity contribution >= 4 is 14.3 Å². The summed E-state index contributed by atoms with van der Waals surface area (Å²) >= 11 is 0. The molecule has 0 aliphatic carbocycles. The van der Waals surface area contributed by atoms with E-state index in [1.54, 1.807) is 12.1 Å². The number of rotatable bonds is 5. The van der Waals surface area contributed by atoms with Crippen molar-refractivity contribution in [3.63, 3.8) is 0 Å². The molecule has 1 saturated heterocycles. The zero-order chi connectivity index (χ0) is 17.1. The van der Waals surface area contributed by atoms with Crippen LogP contribution in [0.25, 0.3) is 0 Å². The van der Waals surface area contributed by atoms with Crippen LogP contribution in [0, 0.1) is 0 Å². The quantitative estimate of drug-likeness (QED) is 0.591. The van der Waals surface area contributed by atoms with Gasteiger partial charge in [-0.3, -0.25) is 0 Å². The van der Waals surface area contributed by atoms with E-state index in [0.717, 1.165) is 12.8 Å². The predicted molar refractivity (Wildman–Crippen MR) is 92.9 cm³/mol. The van der Waals surface area contributed by atoms with E-state index in [4.69, 9.17) is 13.9 Å². The van der Waals surface area contributed by atoms with Gasteiger partial charge in [0.2, 0.25) is 6.29 Å². The molecule has 0 spiro atoms. The van der Waals surface area contributed by atoms with Gasteiger partial charge in [0.15, 0.2) is 8.32 Å². The molecule has 2 rings (SSSR count). The maximum atomic E-state index is 12.0. The van der Waals surface area contributed by atoms with Gasteiger partial charge in [0, 0.05) is 6.42 Å². The first kappa shape index (κ1) is 18.2. The topological polar surface area (TPSA) is 44.8 Å². The first-order valence-corrected chi connectivity index (χ1v) is 11.2. The van der Waals surface area contributed by atoms with Crippen LogP contribution in [0.3, 0.4) is 0 Å². The summed E-state index contributed by atoms with van der Waals surface area (Å²) in [7, 11) is -1.77. The lowest BCUT2D eigenvalue weighted by molar-refractivity contribution is -0.109. The molecule has 1 heterocycles. The van der Waals surface area contributed by atoms with Gasteiger partial charge in [-0.2, -0.15) is 0 Å². The Kier molecular flexibility index (Phi) is 5.65. The summed E-state index contributed by atoms with van der Waals surface area (Å²) in [6.07, 6.45) is 1.14. The lowest BCUT2D eigenvalue weighted by Gasteiger charge is -2.36. The SMILES string of the molecule is CC(C)(C)[Si](C)(C)OC[C@@H]1CC[C@@H](OC(=O)c2ccccc2)O1. The molecule has 128 valence electrons. The minimum absolute atomic E-state index is 0.0118. The van der Waals surface area contributed by atoms with E-state index in [9.17, 15) is 4.79 Å². The molecule has 1 aromatic rings. The molecule has 0 saturated carbocycles. The summed E-state index contributed by atoms with van der Waals surface area (Å²) in [6, 6.07) is 9.01. The largest absolute Gasteiger partial charge is 0.432 e. The summed E-state index contributed by atoms with van der Waals surface area (Å²) in [4.78, 5) is 12.0. The van der Waals surface area contributed by atoms with Crippen molar-refractivity contribution in [1.29, 1.82) is 0 Å². The van der Waals surface area contributed by atoms with Crippen molar-refractivity contribution < 1.29 is 18.7 Å². The summed E-state index contributed by atoms with van der Waals surface area (Å²) in [5.41, 5.74) is 0.553. The second kappa shape index (κ2) is 7.15. The van der Waals surface area contributed by atoms with E-state index in [-0.39, 0.29) is 17.1 Å². The normalized spacial score (nSPS) is 22.1. The average molecular weight is 337 g/mol. The zero-order valence-electron chi connectivity index (χ0n) is 14.8. The minimum atomic E-state index is -1.77. The van der Waals surface area contributed by atoms with E-state index >= 15 is 0 Å². The predicted octanol–water partition coefficient (Wildman–Crippen LogP) is 4.37. The Labute approximate surface area is 140 Å². The van der Waals surface area contributed by atoms with E-state index in [0.29, 0.717) is 12.2 Å². The van der Waals surface area contributed by atoms with Crippen LogP contribution in [-0.2, 0) is 13.9 Å². The molecule has 0 aromatic heterocycles. The number of carbonyl (C=O) groups is 1. The van der Waals surface area contributed by atoms with Crippen LogP contribution in [0.15, 0.2) is 30.3 Å². The third-order valence-electron chi connectivity index (χ3n) is 4.75. The number of esters is 1. The summed E-state index contributed by atoms with van der Waals surface area (Å²) < 4.78 is 17.4. The van der Waals surface area contributed by atoms with Crippen LogP contribution in [0.4, 0.5) is 0 Å². The molecular weight excluding hydrogens is 308 g/mol. The number of carbonyl (C=O) groups excluding carboxylic acids is 1. The highest BCUT2D eigenvalue weighted by Gasteiger charge is 2.38. The van der Waals surface area contributed by atoms with Gasteiger partial charge >= 0.3 is 5.97 Å². The molecule has 0 radical (unpaired) electrons. The molecule has 1 fully saturated rings. The summed E-state index contributed by atoms with van der Waals surface area (Å²) in [6.45, 7) is 11.7. The smallest absolute Gasteiger partial charge is 0.340 e. The second-order valence-corrected chi connectivity index (χ2v) is 12.4. The van der Waals surface area contributed by atoms with Crippen molar-refractivity contribution in [1.82, 2.24) is 0 Å². The molecule has 1 aliphatic heterocycles. The van der Waals surface area contributed by atoms with Crippen LogP contribution in [0.5, 0.6) is 0 Å². The number of hydrogen-bond donors (Lipinski definition) is 0. The van der Waals surface area contributed by atoms with Gasteiger partial charge in [-0.1, -0.05) is 39.0 Å². The van der Waals surface area contributed by atoms with E-state index < -0.39 is 14.6 Å². The van der Waals surface area contributed by atoms with Gasteiger partial charge in [-0.15, -0.1) is 0 Å². The molecule has 1 aromatic carbocycles. The van der Waals surface area contributed by atoms with Crippen molar-refractivity contribution in [2.24, 2.45) is 0 Å². The maximum Gasteiger partial charge on any atom is 0.340 e. The molecule has 5 heteroatoms. The minimum Gasteiger partial charge on any atom is -0.432 e. The average Bonchev–Trinajstić information content (AvgIpc) is 2.92. The van der Waals surface area contributed by atoms with Crippen molar-refractivity contribution in [2.45, 2.75) is 64.1 Å². The van der Waals surface area contributed by atoms with Crippen LogP contribution < -0.4 is 0 Å². The standard InChI is InChI=1S/C18H28O4Si/c1-18(2,3)23(4,5)20-13-15-11-12-16(21-15)22-17(19)14-9-7-6-8-10-14/h6-10,15-16H,11-13H2,1-5H3/t15-,16+/m0/s1. The van der Waals surface area contributed by atoms with Gasteiger partial charge in [0.25, 0.3) is 0 Å². The fraction of sp³-hybridized carbons (Fsp3) is 0.611. The van der Waals surface area contributed by atoms with Gasteiger partial charge in [-0.25, -0.2) is 4.79 Å². The Balaban J connectivity index is 1.79. The highest BCUT2D eigenvalue weighted by atomic mass is 28.4. The molecule has 0 bridgehead atoms. The molecule has 1 aliphatic rings. The Hall–Kier alpha value is -1.17. The summed E-state index contributed by atoms with van der Waals surface area (Å²) in [5, 5.41) is 0.185. The van der Waals surface area contributed by atoms with Crippen molar-refractivity contribution in [3.8, 4) is 0 Å². The second-order valence-electron chi connectivity index (χ2n) is 7.61. The lowest BCUT2D eigenvalue weighted by atomic mass is 10.2. The number of benzene rings is 1. The Bertz CT molecular complexity index is 522. The van der Waals surface area contributed by atoms with Gasteiger partial charge in [0.05, 0.1) is 18.3 Å². The number of hydrogen-bond acceptors (Lipinski definition) is 4. The van der Waals surface area contributed by atoms with Crippen molar-refractivity contribution in [3.05, 3.63) is 35.9 Å². The Morgan fingerprint density at radius 1 is 1.22 bits per heavy atom. The van der Waals surface area contributed by atoms with Crippen LogP contribution in [-0.4, -0.2) is 33.3 Å². The fourth-order valence-electron chi connectivity index (χ4n) is 2.16. The highest BCUT2D eigenvalue weighted by Crippen LogP contribution is 2.37. The van der Waals surface area contributed by atoms with Crippen LogP contribution >= 0.6 is 0 Å². The third kappa shape index (κ3) is 4.90. The van der Waals surface area contributed by atoms with Gasteiger partial charge < -0.3 is 13.9 Å². The molecule has 23 heavy (non-hydrogen) atoms. The van der Waals surface area contributed by atoms with Crippen LogP contribution in [0.1, 0.15) is 44.0 Å². The van der Waals surface area contributed by atoms with E-state index in [2.05, 4.69) is 33.9 Å². The molecule has 4 nitrogen and oxygen atoms in total. The first-order valence-electron chi connectivity index (χ1n) is 8.24. The Morgan fingerprint density at radius 3 is 2.48 bits per heavy atom. The molecular formula is C18H28O4Si. The van der Waals surface area contributed by atoms with Gasteiger partial charge in [-0.05, 0) is 36.7 Å². The van der Waals surface area contributed by atoms with Gasteiger partial charge in [0.1, 0.15) is 0 Å². The number of ether oxygens (including phenoxy) is 2. The maximum absolute atomic E-state index is 12.0. The molecule has 0 amide bonds. The molecule has 0 N–H and O–H groups in total. The monoisotopic (exact) mass is 336 g/mol. The van der Waals surface area contributed by atoms with E-state index in [1.807, 2.05) is 18.2 Å². The third-order valence-corrected chi connectivity index (χ3v) is 9.25.